The summed E-state index contributed by atoms with van der Waals surface area (Å²) in [5, 5.41) is 1.76. The van der Waals surface area contributed by atoms with E-state index < -0.39 is 0 Å². The average molecular weight is 261 g/mol. The average Bonchev–Trinajstić information content (AvgIpc) is 2.82. The van der Waals surface area contributed by atoms with Crippen LogP contribution in [0, 0.1) is 0 Å². The van der Waals surface area contributed by atoms with Crippen molar-refractivity contribution >= 4 is 28.8 Å². The van der Waals surface area contributed by atoms with Gasteiger partial charge in [0.15, 0.2) is 0 Å². The van der Waals surface area contributed by atoms with Crippen molar-refractivity contribution in [1.82, 2.24) is 9.88 Å². The van der Waals surface area contributed by atoms with Gasteiger partial charge in [0.25, 0.3) is 5.91 Å². The van der Waals surface area contributed by atoms with Crippen LogP contribution in [-0.2, 0) is 4.74 Å². The first-order valence-corrected chi connectivity index (χ1v) is 6.57. The maximum atomic E-state index is 12.1. The van der Waals surface area contributed by atoms with Gasteiger partial charge in [0.2, 0.25) is 0 Å². The predicted molar refractivity (Wildman–Crippen MR) is 63.1 cm³/mol. The molecule has 1 aromatic rings. The van der Waals surface area contributed by atoms with Gasteiger partial charge in [0.1, 0.15) is 5.69 Å². The number of nitrogens with zero attached hydrogens (tertiary/aromatic N) is 2. The number of thiazole rings is 1. The van der Waals surface area contributed by atoms with Gasteiger partial charge in [0.05, 0.1) is 30.1 Å². The molecule has 2 heterocycles. The fraction of sp³-hybridized carbons (Fsp3) is 0.600. The monoisotopic (exact) mass is 260 g/mol. The largest absolute Gasteiger partial charge is 0.373 e. The summed E-state index contributed by atoms with van der Waals surface area (Å²) < 4.78 is 5.49. The second kappa shape index (κ2) is 5.12. The van der Waals surface area contributed by atoms with Crippen LogP contribution in [0.5, 0.6) is 0 Å². The Morgan fingerprint density at radius 3 is 3.25 bits per heavy atom. The lowest BCUT2D eigenvalue weighted by atomic mass is 10.2. The second-order valence-electron chi connectivity index (χ2n) is 3.79. The zero-order valence-corrected chi connectivity index (χ0v) is 10.5. The zero-order valence-electron chi connectivity index (χ0n) is 8.93. The molecule has 1 aliphatic heterocycles. The third-order valence-corrected chi connectivity index (χ3v) is 3.52. The van der Waals surface area contributed by atoms with Gasteiger partial charge in [-0.2, -0.15) is 0 Å². The van der Waals surface area contributed by atoms with E-state index >= 15 is 0 Å². The molecule has 2 atom stereocenters. The summed E-state index contributed by atoms with van der Waals surface area (Å²) in [6.07, 6.45) is -0.0690. The maximum absolute atomic E-state index is 12.1. The summed E-state index contributed by atoms with van der Waals surface area (Å²) >= 11 is 7.17. The number of rotatable bonds is 2. The van der Waals surface area contributed by atoms with Crippen LogP contribution in [0.3, 0.4) is 0 Å². The number of amides is 1. The standard InChI is InChI=1S/C10H13ClN2O2S/c1-7-4-15-8(2-11)3-13(7)10(14)9-5-16-6-12-9/h5-8H,2-4H2,1H3. The lowest BCUT2D eigenvalue weighted by molar-refractivity contribution is -0.0373. The Hall–Kier alpha value is -0.650. The van der Waals surface area contributed by atoms with E-state index in [4.69, 9.17) is 16.3 Å². The highest BCUT2D eigenvalue weighted by Crippen LogP contribution is 2.16. The molecular formula is C10H13ClN2O2S. The topological polar surface area (TPSA) is 42.4 Å². The van der Waals surface area contributed by atoms with Crippen LogP contribution in [0.2, 0.25) is 0 Å². The normalized spacial score (nSPS) is 25.8. The Balaban J connectivity index is 2.09. The minimum atomic E-state index is -0.0690. The third kappa shape index (κ3) is 2.36. The van der Waals surface area contributed by atoms with Crippen molar-refractivity contribution < 1.29 is 9.53 Å². The fourth-order valence-corrected chi connectivity index (χ4v) is 2.37. The van der Waals surface area contributed by atoms with E-state index in [-0.39, 0.29) is 18.1 Å². The molecule has 2 rings (SSSR count). The van der Waals surface area contributed by atoms with Crippen LogP contribution in [-0.4, -0.2) is 47.0 Å². The van der Waals surface area contributed by atoms with E-state index in [1.54, 1.807) is 15.8 Å². The van der Waals surface area contributed by atoms with Crippen LogP contribution in [0.25, 0.3) is 0 Å². The zero-order chi connectivity index (χ0) is 11.5. The Morgan fingerprint density at radius 2 is 2.62 bits per heavy atom. The van der Waals surface area contributed by atoms with Crippen molar-refractivity contribution in [3.8, 4) is 0 Å². The molecule has 0 bridgehead atoms. The maximum Gasteiger partial charge on any atom is 0.273 e. The molecule has 16 heavy (non-hydrogen) atoms. The molecule has 0 radical (unpaired) electrons. The molecule has 0 saturated carbocycles. The molecule has 1 aromatic heterocycles. The van der Waals surface area contributed by atoms with E-state index in [1.165, 1.54) is 11.3 Å². The predicted octanol–water partition coefficient (Wildman–Crippen LogP) is 1.61. The number of aromatic nitrogens is 1. The number of carbonyl (C=O) groups is 1. The highest BCUT2D eigenvalue weighted by Gasteiger charge is 2.30. The quantitative estimate of drug-likeness (QED) is 0.759. The Kier molecular flexibility index (Phi) is 3.78. The summed E-state index contributed by atoms with van der Waals surface area (Å²) in [5.41, 5.74) is 2.17. The van der Waals surface area contributed by atoms with E-state index in [0.717, 1.165) is 0 Å². The summed E-state index contributed by atoms with van der Waals surface area (Å²) in [7, 11) is 0. The smallest absolute Gasteiger partial charge is 0.273 e. The van der Waals surface area contributed by atoms with Gasteiger partial charge in [-0.25, -0.2) is 4.98 Å². The fourth-order valence-electron chi connectivity index (χ4n) is 1.66. The Bertz CT molecular complexity index is 358. The molecule has 2 unspecified atom stereocenters. The molecule has 1 amide bonds. The summed E-state index contributed by atoms with van der Waals surface area (Å²) in [6, 6.07) is 0.0775. The molecule has 1 aliphatic rings. The molecular weight excluding hydrogens is 248 g/mol. The van der Waals surface area contributed by atoms with Gasteiger partial charge in [-0.05, 0) is 6.92 Å². The Morgan fingerprint density at radius 1 is 1.81 bits per heavy atom. The number of morpholine rings is 1. The summed E-state index contributed by atoms with van der Waals surface area (Å²) in [5.74, 6) is 0.375. The van der Waals surface area contributed by atoms with Crippen LogP contribution in [0.4, 0.5) is 0 Å². The van der Waals surface area contributed by atoms with Gasteiger partial charge in [0, 0.05) is 11.9 Å². The van der Waals surface area contributed by atoms with Gasteiger partial charge in [-0.1, -0.05) is 0 Å². The van der Waals surface area contributed by atoms with Crippen LogP contribution in [0.1, 0.15) is 17.4 Å². The third-order valence-electron chi connectivity index (χ3n) is 2.59. The molecule has 4 nitrogen and oxygen atoms in total. The number of hydrogen-bond donors (Lipinski definition) is 0. The van der Waals surface area contributed by atoms with Gasteiger partial charge in [-0.3, -0.25) is 4.79 Å². The van der Waals surface area contributed by atoms with Crippen molar-refractivity contribution in [2.24, 2.45) is 0 Å². The van der Waals surface area contributed by atoms with Gasteiger partial charge >= 0.3 is 0 Å². The van der Waals surface area contributed by atoms with E-state index in [2.05, 4.69) is 4.98 Å². The number of halogens is 1. The molecule has 6 heteroatoms. The number of ether oxygens (including phenoxy) is 1. The van der Waals surface area contributed by atoms with Crippen LogP contribution < -0.4 is 0 Å². The molecule has 1 fully saturated rings. The second-order valence-corrected chi connectivity index (χ2v) is 4.82. The SMILES string of the molecule is CC1COC(CCl)CN1C(=O)c1cscn1. The summed E-state index contributed by atoms with van der Waals surface area (Å²) in [4.78, 5) is 17.9. The molecule has 0 aliphatic carbocycles. The van der Waals surface area contributed by atoms with E-state index in [1.807, 2.05) is 6.92 Å². The number of hydrogen-bond acceptors (Lipinski definition) is 4. The van der Waals surface area contributed by atoms with E-state index in [9.17, 15) is 4.79 Å². The first-order valence-electron chi connectivity index (χ1n) is 5.09. The lowest BCUT2D eigenvalue weighted by Gasteiger charge is -2.37. The Labute approximate surface area is 103 Å². The van der Waals surface area contributed by atoms with Crippen LogP contribution >= 0.6 is 22.9 Å². The number of alkyl halides is 1. The van der Waals surface area contributed by atoms with Gasteiger partial charge < -0.3 is 9.64 Å². The summed E-state index contributed by atoms with van der Waals surface area (Å²) in [6.45, 7) is 3.04. The van der Waals surface area contributed by atoms with E-state index in [0.29, 0.717) is 24.7 Å². The minimum absolute atomic E-state index is 0.0350. The van der Waals surface area contributed by atoms with Crippen LogP contribution in [0.15, 0.2) is 10.9 Å². The van der Waals surface area contributed by atoms with Crippen molar-refractivity contribution in [3.05, 3.63) is 16.6 Å². The molecule has 88 valence electrons. The first kappa shape index (κ1) is 11.8. The van der Waals surface area contributed by atoms with Crippen molar-refractivity contribution in [3.63, 3.8) is 0 Å². The minimum Gasteiger partial charge on any atom is -0.373 e. The van der Waals surface area contributed by atoms with Crippen molar-refractivity contribution in [1.29, 1.82) is 0 Å². The van der Waals surface area contributed by atoms with Gasteiger partial charge in [-0.15, -0.1) is 22.9 Å². The lowest BCUT2D eigenvalue weighted by Crippen LogP contribution is -2.51. The molecule has 0 N–H and O–H groups in total. The molecule has 0 spiro atoms. The first-order chi connectivity index (χ1) is 7.72. The van der Waals surface area contributed by atoms with Crippen molar-refractivity contribution in [2.75, 3.05) is 19.0 Å². The molecule has 0 aromatic carbocycles. The van der Waals surface area contributed by atoms with Crippen molar-refractivity contribution in [2.45, 2.75) is 19.1 Å². The highest BCUT2D eigenvalue weighted by molar-refractivity contribution is 7.07. The highest BCUT2D eigenvalue weighted by atomic mass is 35.5. The molecule has 1 saturated heterocycles. The number of carbonyl (C=O) groups excluding carboxylic acids is 1.